The number of aliphatic imine (C=N–C) groups is 1. The Kier molecular flexibility index (Phi) is 6.42. The molecule has 0 saturated heterocycles. The second kappa shape index (κ2) is 8.76. The zero-order valence-electron chi connectivity index (χ0n) is 14.6. The van der Waals surface area contributed by atoms with Crippen LogP contribution in [0.2, 0.25) is 0 Å². The SMILES string of the molecule is CN=C(NCc1ccc(OC)c(OC)c1)NCc1ncccc1C. The molecule has 2 rings (SSSR count). The Bertz CT molecular complexity index is 701. The molecule has 0 bridgehead atoms. The molecule has 6 nitrogen and oxygen atoms in total. The molecule has 0 aliphatic carbocycles. The van der Waals surface area contributed by atoms with Crippen LogP contribution >= 0.6 is 0 Å². The highest BCUT2D eigenvalue weighted by atomic mass is 16.5. The largest absolute Gasteiger partial charge is 0.493 e. The van der Waals surface area contributed by atoms with E-state index in [2.05, 4.69) is 20.6 Å². The highest BCUT2D eigenvalue weighted by Gasteiger charge is 2.06. The Morgan fingerprint density at radius 1 is 1.08 bits per heavy atom. The van der Waals surface area contributed by atoms with E-state index in [-0.39, 0.29) is 0 Å². The maximum atomic E-state index is 5.32. The number of hydrogen-bond donors (Lipinski definition) is 2. The van der Waals surface area contributed by atoms with E-state index < -0.39 is 0 Å². The lowest BCUT2D eigenvalue weighted by molar-refractivity contribution is 0.354. The minimum atomic E-state index is 0.623. The predicted octanol–water partition coefficient (Wildman–Crippen LogP) is 2.27. The molecule has 1 heterocycles. The zero-order chi connectivity index (χ0) is 17.4. The fourth-order valence-corrected chi connectivity index (χ4v) is 2.27. The Morgan fingerprint density at radius 2 is 1.83 bits per heavy atom. The van der Waals surface area contributed by atoms with Gasteiger partial charge in [-0.05, 0) is 36.2 Å². The highest BCUT2D eigenvalue weighted by molar-refractivity contribution is 5.79. The van der Waals surface area contributed by atoms with Gasteiger partial charge in [0.05, 0.1) is 26.5 Å². The predicted molar refractivity (Wildman–Crippen MR) is 95.6 cm³/mol. The van der Waals surface area contributed by atoms with Crippen LogP contribution in [0.4, 0.5) is 0 Å². The summed E-state index contributed by atoms with van der Waals surface area (Å²) in [5.41, 5.74) is 3.23. The summed E-state index contributed by atoms with van der Waals surface area (Å²) < 4.78 is 10.6. The van der Waals surface area contributed by atoms with Crippen LogP contribution in [-0.4, -0.2) is 32.2 Å². The van der Waals surface area contributed by atoms with E-state index in [4.69, 9.17) is 9.47 Å². The number of aromatic nitrogens is 1. The summed E-state index contributed by atoms with van der Waals surface area (Å²) >= 11 is 0. The number of methoxy groups -OCH3 is 2. The third kappa shape index (κ3) is 4.62. The molecular weight excluding hydrogens is 304 g/mol. The van der Waals surface area contributed by atoms with Gasteiger partial charge < -0.3 is 20.1 Å². The summed E-state index contributed by atoms with van der Waals surface area (Å²) in [7, 11) is 5.00. The molecule has 0 radical (unpaired) electrons. The number of nitrogens with zero attached hydrogens (tertiary/aromatic N) is 2. The Balaban J connectivity index is 1.93. The van der Waals surface area contributed by atoms with Crippen LogP contribution in [-0.2, 0) is 13.1 Å². The van der Waals surface area contributed by atoms with Crippen molar-refractivity contribution >= 4 is 5.96 Å². The fourth-order valence-electron chi connectivity index (χ4n) is 2.27. The number of ether oxygens (including phenoxy) is 2. The summed E-state index contributed by atoms with van der Waals surface area (Å²) in [4.78, 5) is 8.60. The van der Waals surface area contributed by atoms with Crippen LogP contribution in [0.5, 0.6) is 11.5 Å². The van der Waals surface area contributed by atoms with Gasteiger partial charge >= 0.3 is 0 Å². The van der Waals surface area contributed by atoms with E-state index in [1.54, 1.807) is 27.5 Å². The normalized spacial score (nSPS) is 11.1. The summed E-state index contributed by atoms with van der Waals surface area (Å²) in [5.74, 6) is 2.15. The molecule has 0 aliphatic heterocycles. The van der Waals surface area contributed by atoms with Gasteiger partial charge in [-0.15, -0.1) is 0 Å². The van der Waals surface area contributed by atoms with Crippen LogP contribution in [0.15, 0.2) is 41.5 Å². The molecule has 1 aromatic carbocycles. The lowest BCUT2D eigenvalue weighted by Gasteiger charge is -2.14. The average Bonchev–Trinajstić information content (AvgIpc) is 2.62. The van der Waals surface area contributed by atoms with Crippen LogP contribution in [0, 0.1) is 6.92 Å². The number of benzene rings is 1. The Hall–Kier alpha value is -2.76. The van der Waals surface area contributed by atoms with Crippen LogP contribution in [0.1, 0.15) is 16.8 Å². The topological polar surface area (TPSA) is 67.8 Å². The lowest BCUT2D eigenvalue weighted by Crippen LogP contribution is -2.36. The second-order valence-electron chi connectivity index (χ2n) is 5.24. The summed E-state index contributed by atoms with van der Waals surface area (Å²) in [6.07, 6.45) is 1.80. The van der Waals surface area contributed by atoms with Crippen molar-refractivity contribution in [3.63, 3.8) is 0 Å². The number of rotatable bonds is 6. The van der Waals surface area contributed by atoms with Gasteiger partial charge in [-0.25, -0.2) is 0 Å². The third-order valence-electron chi connectivity index (χ3n) is 3.67. The maximum Gasteiger partial charge on any atom is 0.191 e. The first-order chi connectivity index (χ1) is 11.7. The van der Waals surface area contributed by atoms with Crippen molar-refractivity contribution in [1.82, 2.24) is 15.6 Å². The van der Waals surface area contributed by atoms with Crippen molar-refractivity contribution in [2.45, 2.75) is 20.0 Å². The maximum absolute atomic E-state index is 5.32. The van der Waals surface area contributed by atoms with Gasteiger partial charge in [-0.1, -0.05) is 12.1 Å². The monoisotopic (exact) mass is 328 g/mol. The molecule has 6 heteroatoms. The second-order valence-corrected chi connectivity index (χ2v) is 5.24. The quantitative estimate of drug-likeness (QED) is 0.629. The van der Waals surface area contributed by atoms with Gasteiger partial charge in [0, 0.05) is 19.8 Å². The van der Waals surface area contributed by atoms with E-state index in [9.17, 15) is 0 Å². The van der Waals surface area contributed by atoms with E-state index in [0.29, 0.717) is 18.8 Å². The third-order valence-corrected chi connectivity index (χ3v) is 3.67. The number of pyridine rings is 1. The molecule has 2 N–H and O–H groups in total. The van der Waals surface area contributed by atoms with Crippen molar-refractivity contribution < 1.29 is 9.47 Å². The van der Waals surface area contributed by atoms with E-state index in [0.717, 1.165) is 28.5 Å². The van der Waals surface area contributed by atoms with Crippen molar-refractivity contribution in [3.8, 4) is 11.5 Å². The van der Waals surface area contributed by atoms with Gasteiger partial charge in [0.1, 0.15) is 0 Å². The average molecular weight is 328 g/mol. The molecule has 0 aliphatic rings. The van der Waals surface area contributed by atoms with Gasteiger partial charge in [-0.3, -0.25) is 9.98 Å². The van der Waals surface area contributed by atoms with Crippen molar-refractivity contribution in [2.24, 2.45) is 4.99 Å². The minimum Gasteiger partial charge on any atom is -0.493 e. The van der Waals surface area contributed by atoms with Crippen LogP contribution < -0.4 is 20.1 Å². The van der Waals surface area contributed by atoms with Crippen molar-refractivity contribution in [2.75, 3.05) is 21.3 Å². The first-order valence-corrected chi connectivity index (χ1v) is 7.73. The van der Waals surface area contributed by atoms with Crippen LogP contribution in [0.25, 0.3) is 0 Å². The molecule has 0 saturated carbocycles. The highest BCUT2D eigenvalue weighted by Crippen LogP contribution is 2.27. The van der Waals surface area contributed by atoms with E-state index in [1.807, 2.05) is 37.3 Å². The van der Waals surface area contributed by atoms with E-state index in [1.165, 1.54) is 0 Å². The molecule has 0 fully saturated rings. The number of aryl methyl sites for hydroxylation is 1. The first-order valence-electron chi connectivity index (χ1n) is 7.73. The molecule has 2 aromatic rings. The molecular formula is C18H24N4O2. The summed E-state index contributed by atoms with van der Waals surface area (Å²) in [6, 6.07) is 9.81. The summed E-state index contributed by atoms with van der Waals surface area (Å²) in [5, 5.41) is 6.55. The molecule has 0 amide bonds. The molecule has 0 spiro atoms. The molecule has 0 unspecified atom stereocenters. The molecule has 24 heavy (non-hydrogen) atoms. The number of nitrogens with one attached hydrogen (secondary N) is 2. The minimum absolute atomic E-state index is 0.623. The smallest absolute Gasteiger partial charge is 0.191 e. The molecule has 0 atom stereocenters. The van der Waals surface area contributed by atoms with Crippen molar-refractivity contribution in [3.05, 3.63) is 53.3 Å². The van der Waals surface area contributed by atoms with E-state index >= 15 is 0 Å². The Labute approximate surface area is 142 Å². The van der Waals surface area contributed by atoms with Gasteiger partial charge in [0.25, 0.3) is 0 Å². The van der Waals surface area contributed by atoms with Gasteiger partial charge in [0.15, 0.2) is 17.5 Å². The first kappa shape index (κ1) is 17.6. The number of guanidine groups is 1. The van der Waals surface area contributed by atoms with Crippen molar-refractivity contribution in [1.29, 1.82) is 0 Å². The fraction of sp³-hybridized carbons (Fsp3) is 0.333. The number of hydrogen-bond acceptors (Lipinski definition) is 4. The van der Waals surface area contributed by atoms with Gasteiger partial charge in [-0.2, -0.15) is 0 Å². The molecule has 1 aromatic heterocycles. The van der Waals surface area contributed by atoms with Gasteiger partial charge in [0.2, 0.25) is 0 Å². The summed E-state index contributed by atoms with van der Waals surface area (Å²) in [6.45, 7) is 3.29. The molecule has 128 valence electrons. The standard InChI is InChI=1S/C18H24N4O2/c1-13-6-5-9-20-15(13)12-22-18(19-2)21-11-14-7-8-16(23-3)17(10-14)24-4/h5-10H,11-12H2,1-4H3,(H2,19,21,22). The van der Waals surface area contributed by atoms with Crippen LogP contribution in [0.3, 0.4) is 0 Å². The zero-order valence-corrected chi connectivity index (χ0v) is 14.6. The Morgan fingerprint density at radius 3 is 2.50 bits per heavy atom. The lowest BCUT2D eigenvalue weighted by atomic mass is 10.2.